The average Bonchev–Trinajstić information content (AvgIpc) is 3.60. The lowest BCUT2D eigenvalue weighted by Crippen LogP contribution is -2.59. The first-order chi connectivity index (χ1) is 21.0. The Morgan fingerprint density at radius 1 is 1.05 bits per heavy atom. The van der Waals surface area contributed by atoms with Crippen molar-refractivity contribution in [1.29, 1.82) is 0 Å². The van der Waals surface area contributed by atoms with Gasteiger partial charge in [-0.25, -0.2) is 0 Å². The first-order valence-corrected chi connectivity index (χ1v) is 19.8. The third-order valence-corrected chi connectivity index (χ3v) is 18.6. The van der Waals surface area contributed by atoms with Crippen LogP contribution < -0.4 is 5.32 Å². The molecule has 4 N–H and O–H groups in total. The van der Waals surface area contributed by atoms with Gasteiger partial charge in [-0.2, -0.15) is 0 Å². The topological polar surface area (TPSA) is 82.0 Å². The number of fused-ring (bicyclic) bond motifs is 6. The molecule has 5 saturated carbocycles. The maximum absolute atomic E-state index is 12.8. The standard InChI is InChI=1S/C37H53NO4S2/c1-22(39)28-21-43-44-36(12-6-5-7-13-36)27-20-35(19-25(27)15-23-9-8-10-26(16-23)38-28)14-11-24-18-33(2)34(35,3)31(24)32-29(40)17-30(42-4)37(32,33)41/h8-10,16-17,22,24-25,27-28,30-32,38-41H,5-7,11-15,18-21H2,1-4H3. The molecule has 0 radical (unpaired) electrons. The van der Waals surface area contributed by atoms with E-state index in [0.29, 0.717) is 29.4 Å². The monoisotopic (exact) mass is 639 g/mol. The Kier molecular flexibility index (Phi) is 7.15. The Balaban J connectivity index is 1.23. The third kappa shape index (κ3) is 3.80. The molecule has 2 spiro atoms. The van der Waals surface area contributed by atoms with Crippen molar-refractivity contribution in [2.45, 2.75) is 120 Å². The number of rotatable bonds is 2. The predicted molar refractivity (Wildman–Crippen MR) is 181 cm³/mol. The number of hydrogen-bond acceptors (Lipinski definition) is 7. The van der Waals surface area contributed by atoms with Crippen molar-refractivity contribution in [1.82, 2.24) is 0 Å². The van der Waals surface area contributed by atoms with Crippen LogP contribution in [-0.2, 0) is 11.2 Å². The van der Waals surface area contributed by atoms with Gasteiger partial charge in [0.05, 0.1) is 23.8 Å². The molecule has 12 unspecified atom stereocenters. The van der Waals surface area contributed by atoms with Crippen LogP contribution >= 0.6 is 21.6 Å². The van der Waals surface area contributed by atoms with Crippen LogP contribution in [0, 0.1) is 45.8 Å². The van der Waals surface area contributed by atoms with Gasteiger partial charge in [0.2, 0.25) is 0 Å². The van der Waals surface area contributed by atoms with Crippen molar-refractivity contribution in [3.63, 3.8) is 0 Å². The number of hydrogen-bond donors (Lipinski definition) is 4. The van der Waals surface area contributed by atoms with Gasteiger partial charge in [-0.1, -0.05) is 66.8 Å². The van der Waals surface area contributed by atoms with Crippen molar-refractivity contribution in [3.8, 4) is 0 Å². The maximum Gasteiger partial charge on any atom is 0.110 e. The SMILES string of the molecule is COC1C=C(O)C2C3C4CCC5(CC6Cc7cccc(c7)NC(C(C)O)CSSC7(CCCCC7)C6C5)C3(C)C(C)(C4)C12O. The van der Waals surface area contributed by atoms with Gasteiger partial charge < -0.3 is 25.4 Å². The Hall–Kier alpha value is -0.860. The first kappa shape index (κ1) is 30.5. The van der Waals surface area contributed by atoms with Gasteiger partial charge in [-0.3, -0.25) is 0 Å². The minimum Gasteiger partial charge on any atom is -0.512 e. The molecule has 0 aromatic heterocycles. The fourth-order valence-electron chi connectivity index (χ4n) is 13.3. The van der Waals surface area contributed by atoms with Crippen LogP contribution in [0.3, 0.4) is 0 Å². The highest BCUT2D eigenvalue weighted by molar-refractivity contribution is 8.77. The van der Waals surface area contributed by atoms with E-state index in [1.54, 1.807) is 7.11 Å². The summed E-state index contributed by atoms with van der Waals surface area (Å²) in [6.07, 6.45) is 14.6. The number of aliphatic hydroxyl groups excluding tert-OH is 2. The molecule has 6 aliphatic carbocycles. The quantitative estimate of drug-likeness (QED) is 0.246. The highest BCUT2D eigenvalue weighted by Gasteiger charge is 2.86. The lowest BCUT2D eigenvalue weighted by atomic mass is 9.48. The molecule has 5 nitrogen and oxygen atoms in total. The molecule has 7 heteroatoms. The molecule has 6 bridgehead atoms. The molecule has 7 aliphatic rings. The van der Waals surface area contributed by atoms with E-state index in [4.69, 9.17) is 4.74 Å². The second kappa shape index (κ2) is 10.3. The molecule has 0 amide bonds. The molecule has 1 aliphatic heterocycles. The largest absolute Gasteiger partial charge is 0.512 e. The van der Waals surface area contributed by atoms with Crippen LogP contribution in [0.25, 0.3) is 0 Å². The van der Waals surface area contributed by atoms with Crippen LogP contribution in [0.4, 0.5) is 5.69 Å². The summed E-state index contributed by atoms with van der Waals surface area (Å²) in [7, 11) is 5.88. The van der Waals surface area contributed by atoms with Crippen molar-refractivity contribution in [2.24, 2.45) is 45.8 Å². The van der Waals surface area contributed by atoms with Crippen molar-refractivity contribution in [3.05, 3.63) is 41.7 Å². The van der Waals surface area contributed by atoms with Gasteiger partial charge in [-0.15, -0.1) is 0 Å². The first-order valence-electron chi connectivity index (χ1n) is 17.5. The summed E-state index contributed by atoms with van der Waals surface area (Å²) in [4.78, 5) is 0. The molecule has 1 aromatic rings. The summed E-state index contributed by atoms with van der Waals surface area (Å²) in [5, 5.41) is 38.6. The highest BCUT2D eigenvalue weighted by Crippen LogP contribution is 2.87. The molecule has 44 heavy (non-hydrogen) atoms. The van der Waals surface area contributed by atoms with Crippen LogP contribution in [-0.4, -0.2) is 56.8 Å². The summed E-state index contributed by atoms with van der Waals surface area (Å²) >= 11 is 0. The zero-order valence-corrected chi connectivity index (χ0v) is 28.7. The lowest BCUT2D eigenvalue weighted by Gasteiger charge is -2.57. The van der Waals surface area contributed by atoms with Crippen molar-refractivity contribution < 1.29 is 20.1 Å². The van der Waals surface area contributed by atoms with E-state index in [2.05, 4.69) is 54.2 Å². The molecule has 1 aromatic carbocycles. The smallest absolute Gasteiger partial charge is 0.110 e. The molecule has 1 heterocycles. The van der Waals surface area contributed by atoms with Crippen molar-refractivity contribution in [2.75, 3.05) is 18.2 Å². The number of ether oxygens (including phenoxy) is 1. The molecule has 12 atom stereocenters. The summed E-state index contributed by atoms with van der Waals surface area (Å²) in [6.45, 7) is 6.88. The molecule has 242 valence electrons. The highest BCUT2D eigenvalue weighted by atomic mass is 33.1. The Bertz CT molecular complexity index is 1330. The van der Waals surface area contributed by atoms with Crippen LogP contribution in [0.5, 0.6) is 0 Å². The number of methoxy groups -OCH3 is 1. The molecular formula is C37H53NO4S2. The second-order valence-electron chi connectivity index (χ2n) is 16.6. The van der Waals surface area contributed by atoms with E-state index in [1.165, 1.54) is 63.4 Å². The van der Waals surface area contributed by atoms with Crippen LogP contribution in [0.2, 0.25) is 0 Å². The molecule has 8 rings (SSSR count). The minimum absolute atomic E-state index is 0.0198. The number of nitrogens with one attached hydrogen (secondary N) is 1. The van der Waals surface area contributed by atoms with E-state index >= 15 is 0 Å². The summed E-state index contributed by atoms with van der Waals surface area (Å²) in [5.41, 5.74) is 1.25. The van der Waals surface area contributed by atoms with Gasteiger partial charge in [0.25, 0.3) is 0 Å². The van der Waals surface area contributed by atoms with Crippen LogP contribution in [0.1, 0.15) is 90.5 Å². The molecule has 0 saturated heterocycles. The van der Waals surface area contributed by atoms with Crippen LogP contribution in [0.15, 0.2) is 36.1 Å². The van der Waals surface area contributed by atoms with Crippen molar-refractivity contribution >= 4 is 27.3 Å². The zero-order chi connectivity index (χ0) is 30.7. The van der Waals surface area contributed by atoms with Gasteiger partial charge in [0.15, 0.2) is 0 Å². The normalized spacial score (nSPS) is 49.5. The maximum atomic E-state index is 12.8. The van der Waals surface area contributed by atoms with Gasteiger partial charge in [0, 0.05) is 28.7 Å². The van der Waals surface area contributed by atoms with E-state index in [9.17, 15) is 15.3 Å². The summed E-state index contributed by atoms with van der Waals surface area (Å²) in [5.74, 6) is 3.14. The van der Waals surface area contributed by atoms with Gasteiger partial charge in [0.1, 0.15) is 11.7 Å². The predicted octanol–water partition coefficient (Wildman–Crippen LogP) is 7.77. The van der Waals surface area contributed by atoms with E-state index in [0.717, 1.165) is 24.3 Å². The van der Waals surface area contributed by atoms with E-state index < -0.39 is 17.8 Å². The fraction of sp³-hybridized carbons (Fsp3) is 0.784. The lowest BCUT2D eigenvalue weighted by molar-refractivity contribution is -0.181. The molecule has 5 fully saturated rings. The molecular weight excluding hydrogens is 587 g/mol. The number of anilines is 1. The Morgan fingerprint density at radius 3 is 2.59 bits per heavy atom. The second-order valence-corrected chi connectivity index (χ2v) is 19.3. The Morgan fingerprint density at radius 2 is 1.84 bits per heavy atom. The third-order valence-electron chi connectivity index (χ3n) is 15.2. The zero-order valence-electron chi connectivity index (χ0n) is 27.1. The van der Waals surface area contributed by atoms with E-state index in [1.807, 2.05) is 23.8 Å². The number of benzene rings is 1. The fourth-order valence-corrected chi connectivity index (χ4v) is 17.1. The van der Waals surface area contributed by atoms with Gasteiger partial charge >= 0.3 is 0 Å². The van der Waals surface area contributed by atoms with Gasteiger partial charge in [-0.05, 0) is 117 Å². The minimum atomic E-state index is -1.05. The Labute approximate surface area is 272 Å². The number of aliphatic hydroxyl groups is 3. The average molecular weight is 640 g/mol. The summed E-state index contributed by atoms with van der Waals surface area (Å²) < 4.78 is 6.21. The van der Waals surface area contributed by atoms with E-state index in [-0.39, 0.29) is 33.0 Å². The summed E-state index contributed by atoms with van der Waals surface area (Å²) in [6, 6.07) is 9.05.